The van der Waals surface area contributed by atoms with E-state index < -0.39 is 16.8 Å². The van der Waals surface area contributed by atoms with Gasteiger partial charge in [-0.05, 0) is 96.4 Å². The van der Waals surface area contributed by atoms with E-state index in [0.29, 0.717) is 80.2 Å². The van der Waals surface area contributed by atoms with Crippen molar-refractivity contribution in [2.75, 3.05) is 6.61 Å². The van der Waals surface area contributed by atoms with Crippen LogP contribution in [0.15, 0.2) is 48.5 Å². The number of hydrogen-bond acceptors (Lipinski definition) is 7. The molecular formula is C34H38N2O8. The molecule has 2 aromatic carbocycles. The van der Waals surface area contributed by atoms with Gasteiger partial charge >= 0.3 is 11.9 Å². The summed E-state index contributed by atoms with van der Waals surface area (Å²) in [7, 11) is 0. The lowest BCUT2D eigenvalue weighted by molar-refractivity contribution is -0.156. The van der Waals surface area contributed by atoms with Gasteiger partial charge in [-0.15, -0.1) is 0 Å². The standard InChI is InChI=1S/C18H21NO4.C16H17NO4/c1-3-23-17(22)18(2)10-8-12(9-11-18)19-15(20)13-6-4-5-7-14(13)16(19)21;1-16(15(20)21)8-6-10(7-9-16)17-13(18)11-4-2-3-5-12(11)14(17)19/h4-7,12H,3,8-11H2,1-2H3;2-5,10H,6-9H2,1H3,(H,20,21). The second kappa shape index (κ2) is 12.0. The van der Waals surface area contributed by atoms with Crippen molar-refractivity contribution < 1.29 is 38.6 Å². The molecule has 0 bridgehead atoms. The molecule has 0 radical (unpaired) electrons. The summed E-state index contributed by atoms with van der Waals surface area (Å²) in [4.78, 5) is 75.9. The highest BCUT2D eigenvalue weighted by molar-refractivity contribution is 6.22. The number of fused-ring (bicyclic) bond motifs is 2. The number of imide groups is 2. The molecule has 2 saturated carbocycles. The number of aliphatic carboxylic acids is 1. The molecule has 2 fully saturated rings. The highest BCUT2D eigenvalue weighted by Crippen LogP contribution is 2.41. The number of hydrogen-bond donors (Lipinski definition) is 1. The van der Waals surface area contributed by atoms with Crippen LogP contribution in [-0.4, -0.2) is 69.2 Å². The number of carboxylic acid groups (broad SMARTS) is 1. The molecule has 2 heterocycles. The molecule has 0 atom stereocenters. The van der Waals surface area contributed by atoms with Crippen LogP contribution in [0.25, 0.3) is 0 Å². The van der Waals surface area contributed by atoms with Crippen LogP contribution in [-0.2, 0) is 14.3 Å². The molecule has 4 amide bonds. The van der Waals surface area contributed by atoms with Crippen molar-refractivity contribution >= 4 is 35.6 Å². The molecule has 10 nitrogen and oxygen atoms in total. The molecule has 0 spiro atoms. The van der Waals surface area contributed by atoms with Crippen LogP contribution < -0.4 is 0 Å². The summed E-state index contributed by atoms with van der Waals surface area (Å²) in [5.41, 5.74) is 0.621. The summed E-state index contributed by atoms with van der Waals surface area (Å²) in [6.45, 7) is 5.81. The van der Waals surface area contributed by atoms with Crippen molar-refractivity contribution in [1.82, 2.24) is 9.80 Å². The van der Waals surface area contributed by atoms with Crippen LogP contribution >= 0.6 is 0 Å². The molecule has 0 unspecified atom stereocenters. The van der Waals surface area contributed by atoms with Crippen molar-refractivity contribution in [3.63, 3.8) is 0 Å². The molecule has 2 aliphatic heterocycles. The first-order valence-corrected chi connectivity index (χ1v) is 15.3. The predicted molar refractivity (Wildman–Crippen MR) is 159 cm³/mol. The van der Waals surface area contributed by atoms with Gasteiger partial charge < -0.3 is 9.84 Å². The summed E-state index contributed by atoms with van der Waals surface area (Å²) >= 11 is 0. The summed E-state index contributed by atoms with van der Waals surface area (Å²) < 4.78 is 5.15. The Bertz CT molecular complexity index is 1440. The first-order chi connectivity index (χ1) is 20.9. The number of carbonyl (C=O) groups is 6. The third-order valence-corrected chi connectivity index (χ3v) is 9.78. The second-order valence-electron chi connectivity index (χ2n) is 12.7. The Labute approximate surface area is 256 Å². The number of rotatable bonds is 5. The van der Waals surface area contributed by atoms with Gasteiger partial charge in [0.2, 0.25) is 0 Å². The molecule has 232 valence electrons. The molecule has 44 heavy (non-hydrogen) atoms. The van der Waals surface area contributed by atoms with Gasteiger partial charge in [-0.25, -0.2) is 0 Å². The van der Waals surface area contributed by atoms with Crippen LogP contribution in [0.5, 0.6) is 0 Å². The summed E-state index contributed by atoms with van der Waals surface area (Å²) in [5.74, 6) is -1.91. The normalized spacial score (nSPS) is 27.8. The highest BCUT2D eigenvalue weighted by Gasteiger charge is 2.46. The maximum absolute atomic E-state index is 12.5. The number of carbonyl (C=O) groups excluding carboxylic acids is 5. The van der Waals surface area contributed by atoms with Gasteiger partial charge in [0.25, 0.3) is 23.6 Å². The Morgan fingerprint density at radius 2 is 1.00 bits per heavy atom. The first-order valence-electron chi connectivity index (χ1n) is 15.3. The van der Waals surface area contributed by atoms with Crippen LogP contribution in [0.3, 0.4) is 0 Å². The van der Waals surface area contributed by atoms with E-state index in [2.05, 4.69) is 0 Å². The Kier molecular flexibility index (Phi) is 8.46. The Morgan fingerprint density at radius 3 is 1.30 bits per heavy atom. The monoisotopic (exact) mass is 602 g/mol. The van der Waals surface area contributed by atoms with E-state index in [-0.39, 0.29) is 41.7 Å². The fourth-order valence-corrected chi connectivity index (χ4v) is 6.80. The largest absolute Gasteiger partial charge is 0.481 e. The van der Waals surface area contributed by atoms with Crippen LogP contribution in [0.1, 0.15) is 114 Å². The molecule has 0 saturated heterocycles. The third kappa shape index (κ3) is 5.42. The number of ether oxygens (including phenoxy) is 1. The summed E-state index contributed by atoms with van der Waals surface area (Å²) in [6.07, 6.45) is 4.61. The van der Waals surface area contributed by atoms with E-state index >= 15 is 0 Å². The minimum absolute atomic E-state index is 0.134. The molecule has 10 heteroatoms. The molecule has 6 rings (SSSR count). The zero-order valence-electron chi connectivity index (χ0n) is 25.3. The van der Waals surface area contributed by atoms with Crippen molar-refractivity contribution in [2.45, 2.75) is 84.2 Å². The van der Waals surface area contributed by atoms with Crippen molar-refractivity contribution in [3.05, 3.63) is 70.8 Å². The van der Waals surface area contributed by atoms with Crippen LogP contribution in [0, 0.1) is 10.8 Å². The first kappa shape index (κ1) is 31.1. The molecule has 2 aromatic rings. The van der Waals surface area contributed by atoms with Gasteiger partial charge in [-0.3, -0.25) is 38.6 Å². The van der Waals surface area contributed by atoms with Crippen molar-refractivity contribution in [3.8, 4) is 0 Å². The summed E-state index contributed by atoms with van der Waals surface area (Å²) in [5, 5.41) is 9.25. The average Bonchev–Trinajstić information content (AvgIpc) is 3.43. The van der Waals surface area contributed by atoms with Gasteiger partial charge in [0.05, 0.1) is 39.7 Å². The summed E-state index contributed by atoms with van der Waals surface area (Å²) in [6, 6.07) is 13.4. The maximum Gasteiger partial charge on any atom is 0.311 e. The van der Waals surface area contributed by atoms with E-state index in [1.165, 1.54) is 9.80 Å². The minimum atomic E-state index is -0.802. The number of esters is 1. The Hall–Kier alpha value is -4.34. The molecule has 0 aromatic heterocycles. The van der Waals surface area contributed by atoms with E-state index in [1.54, 1.807) is 62.4 Å². The van der Waals surface area contributed by atoms with Gasteiger partial charge in [-0.2, -0.15) is 0 Å². The Morgan fingerprint density at radius 1 is 0.682 bits per heavy atom. The predicted octanol–water partition coefficient (Wildman–Crippen LogP) is 5.11. The van der Waals surface area contributed by atoms with Crippen LogP contribution in [0.2, 0.25) is 0 Å². The minimum Gasteiger partial charge on any atom is -0.481 e. The lowest BCUT2D eigenvalue weighted by Gasteiger charge is -2.38. The fraction of sp³-hybridized carbons (Fsp3) is 0.471. The van der Waals surface area contributed by atoms with Gasteiger partial charge in [-0.1, -0.05) is 24.3 Å². The van der Waals surface area contributed by atoms with Gasteiger partial charge in [0, 0.05) is 12.1 Å². The van der Waals surface area contributed by atoms with Crippen molar-refractivity contribution in [1.29, 1.82) is 0 Å². The quantitative estimate of drug-likeness (QED) is 0.368. The number of nitrogens with zero attached hydrogens (tertiary/aromatic N) is 2. The number of benzene rings is 2. The lowest BCUT2D eigenvalue weighted by Crippen LogP contribution is -2.45. The maximum atomic E-state index is 12.5. The van der Waals surface area contributed by atoms with E-state index in [0.717, 1.165) is 0 Å². The number of amides is 4. The van der Waals surface area contributed by atoms with Crippen LogP contribution in [0.4, 0.5) is 0 Å². The number of carboxylic acids is 1. The highest BCUT2D eigenvalue weighted by atomic mass is 16.5. The van der Waals surface area contributed by atoms with E-state index in [1.807, 2.05) is 6.92 Å². The zero-order valence-corrected chi connectivity index (χ0v) is 25.3. The molecule has 1 N–H and O–H groups in total. The van der Waals surface area contributed by atoms with E-state index in [4.69, 9.17) is 4.74 Å². The third-order valence-electron chi connectivity index (χ3n) is 9.78. The molecule has 2 aliphatic carbocycles. The van der Waals surface area contributed by atoms with Crippen molar-refractivity contribution in [2.24, 2.45) is 10.8 Å². The van der Waals surface area contributed by atoms with Gasteiger partial charge in [0.1, 0.15) is 0 Å². The van der Waals surface area contributed by atoms with Gasteiger partial charge in [0.15, 0.2) is 0 Å². The fourth-order valence-electron chi connectivity index (χ4n) is 6.80. The average molecular weight is 603 g/mol. The lowest BCUT2D eigenvalue weighted by atomic mass is 9.73. The van der Waals surface area contributed by atoms with E-state index in [9.17, 15) is 33.9 Å². The smallest absolute Gasteiger partial charge is 0.311 e. The molecule has 4 aliphatic rings. The molecular weight excluding hydrogens is 564 g/mol. The zero-order chi connectivity index (χ0) is 31.8. The topological polar surface area (TPSA) is 138 Å². The second-order valence-corrected chi connectivity index (χ2v) is 12.7. The Balaban J connectivity index is 0.000000175. The SMILES string of the molecule is CC1(C(=O)O)CCC(N2C(=O)c3ccccc3C2=O)CC1.CCOC(=O)C1(C)CCC(N2C(=O)c3ccccc3C2=O)CC1.